The SMILES string of the molecule is C1=CCC(c2nc(-c3ccc4c(ccc5ccccc54)c3)nc(-c3cccc4oc5ccccc5c34)n2)C=C1. The van der Waals surface area contributed by atoms with E-state index in [4.69, 9.17) is 19.4 Å². The van der Waals surface area contributed by atoms with Crippen LogP contribution in [0.1, 0.15) is 18.2 Å². The first kappa shape index (κ1) is 21.9. The van der Waals surface area contributed by atoms with Crippen molar-refractivity contribution in [1.29, 1.82) is 0 Å². The van der Waals surface area contributed by atoms with Gasteiger partial charge in [0, 0.05) is 27.8 Å². The fraction of sp³-hybridized carbons (Fsp3) is 0.0571. The Bertz CT molecular complexity index is 2120. The minimum absolute atomic E-state index is 0.0974. The molecule has 0 amide bonds. The van der Waals surface area contributed by atoms with Crippen LogP contribution in [0.15, 0.2) is 126 Å². The van der Waals surface area contributed by atoms with Crippen LogP contribution < -0.4 is 0 Å². The van der Waals surface area contributed by atoms with Crippen LogP contribution >= 0.6 is 0 Å². The zero-order valence-corrected chi connectivity index (χ0v) is 21.1. The zero-order valence-electron chi connectivity index (χ0n) is 21.1. The Kier molecular flexibility index (Phi) is 4.92. The largest absolute Gasteiger partial charge is 0.456 e. The number of nitrogens with zero attached hydrogens (tertiary/aromatic N) is 3. The van der Waals surface area contributed by atoms with Crippen molar-refractivity contribution in [3.05, 3.63) is 127 Å². The van der Waals surface area contributed by atoms with Crippen molar-refractivity contribution in [2.24, 2.45) is 0 Å². The fourth-order valence-electron chi connectivity index (χ4n) is 5.69. The number of hydrogen-bond acceptors (Lipinski definition) is 4. The quantitative estimate of drug-likeness (QED) is 0.227. The van der Waals surface area contributed by atoms with Crippen LogP contribution in [0.3, 0.4) is 0 Å². The van der Waals surface area contributed by atoms with E-state index in [0.717, 1.165) is 50.7 Å². The number of furan rings is 1. The van der Waals surface area contributed by atoms with Crippen LogP contribution in [0.4, 0.5) is 0 Å². The van der Waals surface area contributed by atoms with Gasteiger partial charge in [-0.1, -0.05) is 103 Å². The Morgan fingerprint density at radius 1 is 0.615 bits per heavy atom. The molecule has 1 aliphatic rings. The van der Waals surface area contributed by atoms with E-state index in [1.165, 1.54) is 16.2 Å². The Labute approximate surface area is 225 Å². The van der Waals surface area contributed by atoms with Gasteiger partial charge >= 0.3 is 0 Å². The minimum Gasteiger partial charge on any atom is -0.456 e. The summed E-state index contributed by atoms with van der Waals surface area (Å²) in [6.07, 6.45) is 9.35. The van der Waals surface area contributed by atoms with E-state index in [0.29, 0.717) is 11.6 Å². The third-order valence-corrected chi connectivity index (χ3v) is 7.61. The molecule has 8 rings (SSSR count). The highest BCUT2D eigenvalue weighted by Crippen LogP contribution is 2.37. The maximum Gasteiger partial charge on any atom is 0.164 e. The van der Waals surface area contributed by atoms with Gasteiger partial charge in [0.1, 0.15) is 17.0 Å². The molecule has 39 heavy (non-hydrogen) atoms. The summed E-state index contributed by atoms with van der Waals surface area (Å²) < 4.78 is 6.17. The number of allylic oxidation sites excluding steroid dienone is 4. The molecule has 4 nitrogen and oxygen atoms in total. The summed E-state index contributed by atoms with van der Waals surface area (Å²) in [6, 6.07) is 33.6. The monoisotopic (exact) mass is 501 g/mol. The Balaban J connectivity index is 1.36. The number of para-hydroxylation sites is 1. The molecule has 2 aromatic heterocycles. The lowest BCUT2D eigenvalue weighted by Crippen LogP contribution is -2.08. The molecular weight excluding hydrogens is 478 g/mol. The number of aromatic nitrogens is 3. The maximum absolute atomic E-state index is 6.17. The number of benzene rings is 5. The number of rotatable bonds is 3. The average Bonchev–Trinajstić information content (AvgIpc) is 3.40. The summed E-state index contributed by atoms with van der Waals surface area (Å²) in [5.41, 5.74) is 3.61. The first-order chi connectivity index (χ1) is 19.3. The van der Waals surface area contributed by atoms with Gasteiger partial charge in [0.2, 0.25) is 0 Å². The average molecular weight is 502 g/mol. The normalized spacial score (nSPS) is 15.1. The lowest BCUT2D eigenvalue weighted by atomic mass is 9.98. The van der Waals surface area contributed by atoms with Gasteiger partial charge in [-0.25, -0.2) is 15.0 Å². The highest BCUT2D eigenvalue weighted by Gasteiger charge is 2.20. The lowest BCUT2D eigenvalue weighted by Gasteiger charge is -2.15. The fourth-order valence-corrected chi connectivity index (χ4v) is 5.69. The molecule has 5 aromatic carbocycles. The van der Waals surface area contributed by atoms with Crippen LogP contribution in [-0.2, 0) is 0 Å². The summed E-state index contributed by atoms with van der Waals surface area (Å²) in [7, 11) is 0. The van der Waals surface area contributed by atoms with Crippen molar-refractivity contribution in [2.75, 3.05) is 0 Å². The van der Waals surface area contributed by atoms with Crippen LogP contribution in [0.2, 0.25) is 0 Å². The molecule has 0 bridgehead atoms. The summed E-state index contributed by atoms with van der Waals surface area (Å²) in [5, 5.41) is 6.96. The zero-order chi connectivity index (χ0) is 25.8. The first-order valence-corrected chi connectivity index (χ1v) is 13.2. The van der Waals surface area contributed by atoms with Gasteiger partial charge in [-0.3, -0.25) is 0 Å². The molecule has 1 aliphatic carbocycles. The van der Waals surface area contributed by atoms with E-state index in [2.05, 4.69) is 91.0 Å². The van der Waals surface area contributed by atoms with E-state index in [-0.39, 0.29) is 5.92 Å². The topological polar surface area (TPSA) is 51.8 Å². The molecule has 184 valence electrons. The molecule has 0 aliphatic heterocycles. The first-order valence-electron chi connectivity index (χ1n) is 13.2. The molecule has 0 saturated heterocycles. The minimum atomic E-state index is 0.0974. The third-order valence-electron chi connectivity index (χ3n) is 7.61. The second-order valence-electron chi connectivity index (χ2n) is 10.00. The predicted octanol–water partition coefficient (Wildman–Crippen LogP) is 9.01. The molecule has 1 atom stereocenters. The van der Waals surface area contributed by atoms with Crippen molar-refractivity contribution in [2.45, 2.75) is 12.3 Å². The van der Waals surface area contributed by atoms with Crippen LogP contribution in [0.5, 0.6) is 0 Å². The Morgan fingerprint density at radius 3 is 2.33 bits per heavy atom. The summed E-state index contributed by atoms with van der Waals surface area (Å²) in [6.45, 7) is 0. The van der Waals surface area contributed by atoms with Crippen molar-refractivity contribution >= 4 is 43.5 Å². The van der Waals surface area contributed by atoms with E-state index < -0.39 is 0 Å². The van der Waals surface area contributed by atoms with Gasteiger partial charge in [-0.2, -0.15) is 0 Å². The van der Waals surface area contributed by atoms with Crippen molar-refractivity contribution in [3.8, 4) is 22.8 Å². The standard InChI is InChI=1S/C35H23N3O/c1-2-10-23(11-3-1)33-36-34(25-19-20-27-24(21-25)18-17-22-9-4-5-12-26(22)27)38-35(37-33)29-14-8-16-31-32(29)28-13-6-7-15-30(28)39-31/h1-10,12-21,23H,11H2. The third kappa shape index (κ3) is 3.64. The summed E-state index contributed by atoms with van der Waals surface area (Å²) >= 11 is 0. The van der Waals surface area contributed by atoms with Gasteiger partial charge in [-0.05, 0) is 46.2 Å². The molecular formula is C35H23N3O. The van der Waals surface area contributed by atoms with E-state index >= 15 is 0 Å². The van der Waals surface area contributed by atoms with Crippen LogP contribution in [-0.4, -0.2) is 15.0 Å². The number of hydrogen-bond donors (Lipinski definition) is 0. The van der Waals surface area contributed by atoms with Gasteiger partial charge in [0.15, 0.2) is 11.6 Å². The molecule has 4 heteroatoms. The smallest absolute Gasteiger partial charge is 0.164 e. The van der Waals surface area contributed by atoms with E-state index in [1.807, 2.05) is 30.3 Å². The van der Waals surface area contributed by atoms with Crippen molar-refractivity contribution in [1.82, 2.24) is 15.0 Å². The van der Waals surface area contributed by atoms with Gasteiger partial charge in [-0.15, -0.1) is 0 Å². The predicted molar refractivity (Wildman–Crippen MR) is 159 cm³/mol. The molecule has 1 unspecified atom stereocenters. The second kappa shape index (κ2) is 8.74. The van der Waals surface area contributed by atoms with Gasteiger partial charge in [0.25, 0.3) is 0 Å². The van der Waals surface area contributed by atoms with Gasteiger partial charge < -0.3 is 4.42 Å². The molecule has 0 saturated carbocycles. The summed E-state index contributed by atoms with van der Waals surface area (Å²) in [4.78, 5) is 15.1. The number of fused-ring (bicyclic) bond motifs is 6. The molecule has 7 aromatic rings. The molecule has 0 N–H and O–H groups in total. The highest BCUT2D eigenvalue weighted by molar-refractivity contribution is 6.12. The Hall–Kier alpha value is -5.09. The van der Waals surface area contributed by atoms with E-state index in [9.17, 15) is 0 Å². The lowest BCUT2D eigenvalue weighted by molar-refractivity contribution is 0.669. The highest BCUT2D eigenvalue weighted by atomic mass is 16.3. The molecule has 0 radical (unpaired) electrons. The molecule has 0 spiro atoms. The van der Waals surface area contributed by atoms with Crippen LogP contribution in [0, 0.1) is 0 Å². The van der Waals surface area contributed by atoms with E-state index in [1.54, 1.807) is 0 Å². The second-order valence-corrected chi connectivity index (χ2v) is 10.00. The van der Waals surface area contributed by atoms with Gasteiger partial charge in [0.05, 0.1) is 0 Å². The van der Waals surface area contributed by atoms with Crippen LogP contribution in [0.25, 0.3) is 66.3 Å². The Morgan fingerprint density at radius 2 is 1.41 bits per heavy atom. The van der Waals surface area contributed by atoms with Crippen molar-refractivity contribution in [3.63, 3.8) is 0 Å². The van der Waals surface area contributed by atoms with Crippen molar-refractivity contribution < 1.29 is 4.42 Å². The summed E-state index contributed by atoms with van der Waals surface area (Å²) in [5.74, 6) is 2.21. The maximum atomic E-state index is 6.17. The molecule has 0 fully saturated rings. The molecule has 2 heterocycles.